The zero-order valence-electron chi connectivity index (χ0n) is 13.1. The van der Waals surface area contributed by atoms with E-state index in [0.717, 1.165) is 25.9 Å². The Labute approximate surface area is 117 Å². The Bertz CT molecular complexity index is 291. The molecule has 0 saturated carbocycles. The Morgan fingerprint density at radius 3 is 2.26 bits per heavy atom. The van der Waals surface area contributed by atoms with Gasteiger partial charge in [-0.15, -0.1) is 0 Å². The molecule has 1 heterocycles. The van der Waals surface area contributed by atoms with Gasteiger partial charge < -0.3 is 15.3 Å². The van der Waals surface area contributed by atoms with Gasteiger partial charge in [0.05, 0.1) is 0 Å². The van der Waals surface area contributed by atoms with Crippen LogP contribution >= 0.6 is 0 Å². The maximum atomic E-state index is 12.2. The molecule has 1 aliphatic heterocycles. The van der Waals surface area contributed by atoms with Crippen LogP contribution in [-0.4, -0.2) is 47.7 Å². The quantitative estimate of drug-likeness (QED) is 0.816. The highest BCUT2D eigenvalue weighted by molar-refractivity contribution is 5.81. The number of rotatable bonds is 4. The van der Waals surface area contributed by atoms with E-state index in [-0.39, 0.29) is 23.8 Å². The van der Waals surface area contributed by atoms with E-state index in [1.807, 2.05) is 25.7 Å². The van der Waals surface area contributed by atoms with Crippen molar-refractivity contribution in [3.8, 4) is 0 Å². The lowest BCUT2D eigenvalue weighted by Crippen LogP contribution is -2.50. The van der Waals surface area contributed by atoms with Crippen molar-refractivity contribution >= 4 is 5.91 Å². The van der Waals surface area contributed by atoms with E-state index in [1.54, 1.807) is 0 Å². The van der Waals surface area contributed by atoms with Crippen LogP contribution in [0.5, 0.6) is 0 Å². The molecule has 0 aromatic carbocycles. The van der Waals surface area contributed by atoms with E-state index in [1.165, 1.54) is 0 Å². The first kappa shape index (κ1) is 16.4. The SMILES string of the molecule is CC(CO)C(C)NC1CCN(C(=O)C(C)(C)C)CC1. The van der Waals surface area contributed by atoms with Crippen LogP contribution < -0.4 is 5.32 Å². The average molecular weight is 270 g/mol. The molecule has 2 N–H and O–H groups in total. The van der Waals surface area contributed by atoms with Gasteiger partial charge in [-0.2, -0.15) is 0 Å². The van der Waals surface area contributed by atoms with Gasteiger partial charge in [-0.1, -0.05) is 27.7 Å². The highest BCUT2D eigenvalue weighted by Gasteiger charge is 2.30. The number of hydrogen-bond donors (Lipinski definition) is 2. The standard InChI is InChI=1S/C15H30N2O2/c1-11(10-18)12(2)16-13-6-8-17(9-7-13)14(19)15(3,4)5/h11-13,16,18H,6-10H2,1-5H3. The minimum atomic E-state index is -0.279. The number of aliphatic hydroxyl groups excluding tert-OH is 1. The first-order valence-corrected chi connectivity index (χ1v) is 7.42. The molecule has 1 saturated heterocycles. The molecule has 1 aliphatic rings. The van der Waals surface area contributed by atoms with Crippen molar-refractivity contribution in [3.05, 3.63) is 0 Å². The Hall–Kier alpha value is -0.610. The van der Waals surface area contributed by atoms with Crippen LogP contribution in [0.4, 0.5) is 0 Å². The topological polar surface area (TPSA) is 52.6 Å². The molecule has 112 valence electrons. The summed E-state index contributed by atoms with van der Waals surface area (Å²) in [5, 5.41) is 12.7. The molecule has 19 heavy (non-hydrogen) atoms. The summed E-state index contributed by atoms with van der Waals surface area (Å²) in [4.78, 5) is 14.2. The van der Waals surface area contributed by atoms with Gasteiger partial charge in [0.1, 0.15) is 0 Å². The van der Waals surface area contributed by atoms with Gasteiger partial charge in [0, 0.05) is 37.2 Å². The second-order valence-corrected chi connectivity index (χ2v) is 6.93. The summed E-state index contributed by atoms with van der Waals surface area (Å²) in [6.45, 7) is 12.0. The smallest absolute Gasteiger partial charge is 0.227 e. The van der Waals surface area contributed by atoms with E-state index in [9.17, 15) is 4.79 Å². The zero-order chi connectivity index (χ0) is 14.6. The fourth-order valence-corrected chi connectivity index (χ4v) is 2.42. The molecule has 1 rings (SSSR count). The van der Waals surface area contributed by atoms with Crippen molar-refractivity contribution in [1.82, 2.24) is 10.2 Å². The first-order chi connectivity index (χ1) is 8.75. The van der Waals surface area contributed by atoms with Gasteiger partial charge in [-0.05, 0) is 25.7 Å². The third kappa shape index (κ3) is 4.77. The summed E-state index contributed by atoms with van der Waals surface area (Å²) in [6.07, 6.45) is 2.01. The Morgan fingerprint density at radius 1 is 1.32 bits per heavy atom. The van der Waals surface area contributed by atoms with Crippen molar-refractivity contribution in [2.24, 2.45) is 11.3 Å². The number of likely N-dealkylation sites (tertiary alicyclic amines) is 1. The number of nitrogens with zero attached hydrogens (tertiary/aromatic N) is 1. The first-order valence-electron chi connectivity index (χ1n) is 7.42. The van der Waals surface area contributed by atoms with Gasteiger partial charge >= 0.3 is 0 Å². The van der Waals surface area contributed by atoms with E-state index in [4.69, 9.17) is 5.11 Å². The van der Waals surface area contributed by atoms with Gasteiger partial charge in [0.25, 0.3) is 0 Å². The summed E-state index contributed by atoms with van der Waals surface area (Å²) < 4.78 is 0. The summed E-state index contributed by atoms with van der Waals surface area (Å²) in [5.74, 6) is 0.525. The van der Waals surface area contributed by atoms with Crippen LogP contribution in [0.2, 0.25) is 0 Å². The normalized spacial score (nSPS) is 21.3. The lowest BCUT2D eigenvalue weighted by Gasteiger charge is -2.37. The summed E-state index contributed by atoms with van der Waals surface area (Å²) in [5.41, 5.74) is -0.279. The largest absolute Gasteiger partial charge is 0.396 e. The Morgan fingerprint density at radius 2 is 1.84 bits per heavy atom. The van der Waals surface area contributed by atoms with Gasteiger partial charge in [-0.3, -0.25) is 4.79 Å². The molecule has 0 radical (unpaired) electrons. The van der Waals surface area contributed by atoms with E-state index in [2.05, 4.69) is 19.2 Å². The molecule has 2 atom stereocenters. The number of hydrogen-bond acceptors (Lipinski definition) is 3. The van der Waals surface area contributed by atoms with Crippen LogP contribution in [-0.2, 0) is 4.79 Å². The van der Waals surface area contributed by atoms with Crippen molar-refractivity contribution in [2.75, 3.05) is 19.7 Å². The third-order valence-electron chi connectivity index (χ3n) is 4.06. The molecule has 4 heteroatoms. The molecule has 0 spiro atoms. The molecule has 2 unspecified atom stereocenters. The molecule has 0 aliphatic carbocycles. The maximum absolute atomic E-state index is 12.2. The highest BCUT2D eigenvalue weighted by Crippen LogP contribution is 2.21. The molecule has 0 bridgehead atoms. The van der Waals surface area contributed by atoms with Crippen molar-refractivity contribution in [2.45, 2.75) is 59.5 Å². The Balaban J connectivity index is 2.39. The van der Waals surface area contributed by atoms with Crippen LogP contribution in [0.3, 0.4) is 0 Å². The number of carbonyl (C=O) groups is 1. The predicted octanol–water partition coefficient (Wildman–Crippen LogP) is 1.63. The minimum Gasteiger partial charge on any atom is -0.396 e. The number of carbonyl (C=O) groups excluding carboxylic acids is 1. The zero-order valence-corrected chi connectivity index (χ0v) is 13.1. The summed E-state index contributed by atoms with van der Waals surface area (Å²) >= 11 is 0. The summed E-state index contributed by atoms with van der Waals surface area (Å²) in [7, 11) is 0. The monoisotopic (exact) mass is 270 g/mol. The van der Waals surface area contributed by atoms with Crippen molar-refractivity contribution in [3.63, 3.8) is 0 Å². The number of nitrogens with one attached hydrogen (secondary N) is 1. The number of piperidine rings is 1. The van der Waals surface area contributed by atoms with E-state index < -0.39 is 0 Å². The maximum Gasteiger partial charge on any atom is 0.227 e. The number of amides is 1. The van der Waals surface area contributed by atoms with E-state index >= 15 is 0 Å². The molecular weight excluding hydrogens is 240 g/mol. The highest BCUT2D eigenvalue weighted by atomic mass is 16.3. The second kappa shape index (κ2) is 6.71. The summed E-state index contributed by atoms with van der Waals surface area (Å²) in [6, 6.07) is 0.785. The lowest BCUT2D eigenvalue weighted by atomic mass is 9.92. The Kier molecular flexibility index (Phi) is 5.81. The molecule has 4 nitrogen and oxygen atoms in total. The molecule has 1 fully saturated rings. The molecule has 1 amide bonds. The van der Waals surface area contributed by atoms with Crippen LogP contribution in [0.1, 0.15) is 47.5 Å². The van der Waals surface area contributed by atoms with Crippen molar-refractivity contribution < 1.29 is 9.90 Å². The predicted molar refractivity (Wildman–Crippen MR) is 77.9 cm³/mol. The molecular formula is C15H30N2O2. The van der Waals surface area contributed by atoms with Crippen LogP contribution in [0, 0.1) is 11.3 Å². The van der Waals surface area contributed by atoms with Crippen LogP contribution in [0.15, 0.2) is 0 Å². The molecule has 0 aromatic rings. The van der Waals surface area contributed by atoms with Gasteiger partial charge in [-0.25, -0.2) is 0 Å². The van der Waals surface area contributed by atoms with E-state index in [0.29, 0.717) is 12.1 Å². The molecule has 0 aromatic heterocycles. The fourth-order valence-electron chi connectivity index (χ4n) is 2.42. The lowest BCUT2D eigenvalue weighted by molar-refractivity contribution is -0.140. The second-order valence-electron chi connectivity index (χ2n) is 6.93. The van der Waals surface area contributed by atoms with Crippen LogP contribution in [0.25, 0.3) is 0 Å². The number of aliphatic hydroxyl groups is 1. The van der Waals surface area contributed by atoms with Crippen molar-refractivity contribution in [1.29, 1.82) is 0 Å². The van der Waals surface area contributed by atoms with Gasteiger partial charge in [0.15, 0.2) is 0 Å². The third-order valence-corrected chi connectivity index (χ3v) is 4.06. The minimum absolute atomic E-state index is 0.218. The van der Waals surface area contributed by atoms with Gasteiger partial charge in [0.2, 0.25) is 5.91 Å². The average Bonchev–Trinajstić information content (AvgIpc) is 2.36. The fraction of sp³-hybridized carbons (Fsp3) is 0.933.